The minimum atomic E-state index is -3.81. The predicted octanol–water partition coefficient (Wildman–Crippen LogP) is 4.92. The highest BCUT2D eigenvalue weighted by Gasteiger charge is 2.29. The van der Waals surface area contributed by atoms with Gasteiger partial charge in [0, 0.05) is 24.0 Å². The SMILES string of the molecule is N#CC[C@H]1CC[C@H](n2c(-c3cocn3)nc3cnc4c(ccn4S(=O)(=O)c4ccccc4)c32)CC1. The first-order chi connectivity index (χ1) is 17.1. The molecule has 9 nitrogen and oxygen atoms in total. The molecule has 4 aromatic heterocycles. The van der Waals surface area contributed by atoms with Crippen LogP contribution < -0.4 is 0 Å². The zero-order valence-electron chi connectivity index (χ0n) is 18.8. The van der Waals surface area contributed by atoms with E-state index in [0.29, 0.717) is 40.4 Å². The van der Waals surface area contributed by atoms with E-state index in [1.54, 1.807) is 55.1 Å². The Bertz CT molecular complexity index is 1660. The largest absolute Gasteiger partial charge is 0.451 e. The van der Waals surface area contributed by atoms with Crippen LogP contribution in [0.1, 0.15) is 38.1 Å². The fourth-order valence-corrected chi connectivity index (χ4v) is 6.47. The van der Waals surface area contributed by atoms with Crippen LogP contribution in [0.25, 0.3) is 33.6 Å². The zero-order chi connectivity index (χ0) is 24.0. The van der Waals surface area contributed by atoms with Crippen LogP contribution in [-0.4, -0.2) is 31.9 Å². The molecule has 0 unspecified atom stereocenters. The summed E-state index contributed by atoms with van der Waals surface area (Å²) in [5.41, 5.74) is 2.47. The zero-order valence-corrected chi connectivity index (χ0v) is 19.6. The normalized spacial score (nSPS) is 18.7. The topological polar surface area (TPSA) is 120 Å². The second-order valence-electron chi connectivity index (χ2n) is 8.87. The number of nitrogens with zero attached hydrogens (tertiary/aromatic N) is 6. The molecular weight excluding hydrogens is 464 g/mol. The first kappa shape index (κ1) is 21.6. The Hall–Kier alpha value is -3.97. The van der Waals surface area contributed by atoms with Gasteiger partial charge in [-0.3, -0.25) is 0 Å². The molecule has 0 saturated heterocycles. The van der Waals surface area contributed by atoms with Gasteiger partial charge in [-0.25, -0.2) is 27.3 Å². The Kier molecular flexibility index (Phi) is 5.15. The van der Waals surface area contributed by atoms with Crippen LogP contribution >= 0.6 is 0 Å². The Morgan fingerprint density at radius 2 is 1.89 bits per heavy atom. The molecule has 1 saturated carbocycles. The summed E-state index contributed by atoms with van der Waals surface area (Å²) in [4.78, 5) is 13.9. The number of aromatic nitrogens is 5. The van der Waals surface area contributed by atoms with E-state index >= 15 is 0 Å². The van der Waals surface area contributed by atoms with Gasteiger partial charge >= 0.3 is 0 Å². The second kappa shape index (κ2) is 8.36. The number of pyridine rings is 1. The maximum Gasteiger partial charge on any atom is 0.269 e. The average Bonchev–Trinajstić information content (AvgIpc) is 3.63. The van der Waals surface area contributed by atoms with Gasteiger partial charge in [0.05, 0.1) is 22.7 Å². The van der Waals surface area contributed by atoms with E-state index < -0.39 is 10.0 Å². The van der Waals surface area contributed by atoms with Crippen molar-refractivity contribution in [2.75, 3.05) is 0 Å². The average molecular weight is 487 g/mol. The molecule has 1 aromatic carbocycles. The molecule has 6 rings (SSSR count). The minimum absolute atomic E-state index is 0.140. The van der Waals surface area contributed by atoms with Crippen molar-refractivity contribution in [2.24, 2.45) is 5.92 Å². The number of nitriles is 1. The molecule has 10 heteroatoms. The van der Waals surface area contributed by atoms with Gasteiger partial charge in [0.15, 0.2) is 17.9 Å². The summed E-state index contributed by atoms with van der Waals surface area (Å²) >= 11 is 0. The van der Waals surface area contributed by atoms with Crippen molar-refractivity contribution in [1.29, 1.82) is 5.26 Å². The quantitative estimate of drug-likeness (QED) is 0.346. The van der Waals surface area contributed by atoms with Gasteiger partial charge in [0.25, 0.3) is 10.0 Å². The second-order valence-corrected chi connectivity index (χ2v) is 10.7. The number of rotatable bonds is 5. The molecule has 0 aliphatic heterocycles. The van der Waals surface area contributed by atoms with E-state index in [-0.39, 0.29) is 10.9 Å². The lowest BCUT2D eigenvalue weighted by atomic mass is 9.84. The highest BCUT2D eigenvalue weighted by molar-refractivity contribution is 7.90. The molecule has 1 aliphatic rings. The van der Waals surface area contributed by atoms with E-state index in [1.807, 2.05) is 0 Å². The third kappa shape index (κ3) is 3.51. The van der Waals surface area contributed by atoms with Crippen molar-refractivity contribution in [3.63, 3.8) is 0 Å². The number of hydrogen-bond acceptors (Lipinski definition) is 7. The van der Waals surface area contributed by atoms with E-state index in [4.69, 9.17) is 14.7 Å². The molecule has 0 atom stereocenters. The van der Waals surface area contributed by atoms with Gasteiger partial charge in [-0.15, -0.1) is 0 Å². The summed E-state index contributed by atoms with van der Waals surface area (Å²) < 4.78 is 35.4. The molecule has 4 heterocycles. The fraction of sp³-hybridized carbons (Fsp3) is 0.280. The van der Waals surface area contributed by atoms with Gasteiger partial charge in [0.1, 0.15) is 17.5 Å². The molecule has 0 spiro atoms. The van der Waals surface area contributed by atoms with Crippen molar-refractivity contribution in [3.05, 3.63) is 61.4 Å². The predicted molar refractivity (Wildman–Crippen MR) is 129 cm³/mol. The Labute approximate surface area is 201 Å². The van der Waals surface area contributed by atoms with Crippen molar-refractivity contribution < 1.29 is 12.8 Å². The number of hydrogen-bond donors (Lipinski definition) is 0. The Morgan fingerprint density at radius 1 is 1.09 bits per heavy atom. The first-order valence-electron chi connectivity index (χ1n) is 11.5. The maximum atomic E-state index is 13.4. The van der Waals surface area contributed by atoms with Crippen LogP contribution in [0.3, 0.4) is 0 Å². The highest BCUT2D eigenvalue weighted by Crippen LogP contribution is 2.40. The monoisotopic (exact) mass is 486 g/mol. The third-order valence-electron chi connectivity index (χ3n) is 6.85. The Balaban J connectivity index is 1.54. The molecule has 176 valence electrons. The van der Waals surface area contributed by atoms with Crippen molar-refractivity contribution in [3.8, 4) is 17.6 Å². The summed E-state index contributed by atoms with van der Waals surface area (Å²) in [7, 11) is -3.81. The maximum absolute atomic E-state index is 13.4. The van der Waals surface area contributed by atoms with Crippen molar-refractivity contribution >= 4 is 32.1 Å². The van der Waals surface area contributed by atoms with Crippen LogP contribution in [0.15, 0.2) is 70.8 Å². The standard InChI is InChI=1S/C25H22N6O3S/c26-12-10-17-6-8-18(9-7-17)31-23-20-11-13-30(35(32,33)19-4-2-1-3-5-19)24(20)27-14-21(23)29-25(31)22-15-34-16-28-22/h1-5,11,13-18H,6-10H2/t17-,18-. The number of benzene rings is 1. The minimum Gasteiger partial charge on any atom is -0.451 e. The molecule has 0 bridgehead atoms. The lowest BCUT2D eigenvalue weighted by Gasteiger charge is -2.29. The van der Waals surface area contributed by atoms with Crippen LogP contribution in [0.4, 0.5) is 0 Å². The Morgan fingerprint density at radius 3 is 2.60 bits per heavy atom. The van der Waals surface area contributed by atoms with E-state index in [2.05, 4.69) is 20.6 Å². The van der Waals surface area contributed by atoms with Gasteiger partial charge in [-0.2, -0.15) is 5.26 Å². The van der Waals surface area contributed by atoms with Crippen molar-refractivity contribution in [1.82, 2.24) is 23.5 Å². The summed E-state index contributed by atoms with van der Waals surface area (Å²) in [5, 5.41) is 9.82. The molecule has 0 N–H and O–H groups in total. The smallest absolute Gasteiger partial charge is 0.269 e. The number of oxazole rings is 1. The third-order valence-corrected chi connectivity index (χ3v) is 8.53. The van der Waals surface area contributed by atoms with Crippen LogP contribution in [0, 0.1) is 17.2 Å². The molecule has 5 aromatic rings. The fourth-order valence-electron chi connectivity index (χ4n) is 5.14. The molecule has 35 heavy (non-hydrogen) atoms. The molecule has 0 amide bonds. The van der Waals surface area contributed by atoms with Crippen molar-refractivity contribution in [2.45, 2.75) is 43.0 Å². The summed E-state index contributed by atoms with van der Waals surface area (Å²) in [6, 6.07) is 12.6. The number of imidazole rings is 1. The lowest BCUT2D eigenvalue weighted by molar-refractivity contribution is 0.283. The summed E-state index contributed by atoms with van der Waals surface area (Å²) in [6.45, 7) is 0. The van der Waals surface area contributed by atoms with Gasteiger partial charge in [-0.05, 0) is 49.8 Å². The number of fused-ring (bicyclic) bond motifs is 3. The van der Waals surface area contributed by atoms with E-state index in [1.165, 1.54) is 10.4 Å². The first-order valence-corrected chi connectivity index (χ1v) is 13.0. The molecule has 0 radical (unpaired) electrons. The van der Waals surface area contributed by atoms with Gasteiger partial charge in [-0.1, -0.05) is 18.2 Å². The molecular formula is C25H22N6O3S. The van der Waals surface area contributed by atoms with E-state index in [0.717, 1.165) is 31.2 Å². The summed E-state index contributed by atoms with van der Waals surface area (Å²) in [5.74, 6) is 1.07. The lowest BCUT2D eigenvalue weighted by Crippen LogP contribution is -2.19. The van der Waals surface area contributed by atoms with Gasteiger partial charge < -0.3 is 8.98 Å². The molecule has 1 fully saturated rings. The van der Waals surface area contributed by atoms with Crippen LogP contribution in [-0.2, 0) is 10.0 Å². The van der Waals surface area contributed by atoms with Gasteiger partial charge in [0.2, 0.25) is 0 Å². The molecule has 1 aliphatic carbocycles. The summed E-state index contributed by atoms with van der Waals surface area (Å²) in [6.07, 6.45) is 10.4. The van der Waals surface area contributed by atoms with E-state index in [9.17, 15) is 8.42 Å². The van der Waals surface area contributed by atoms with Crippen LogP contribution in [0.5, 0.6) is 0 Å². The highest BCUT2D eigenvalue weighted by atomic mass is 32.2. The van der Waals surface area contributed by atoms with Crippen LogP contribution in [0.2, 0.25) is 0 Å².